The number of pyridine rings is 1. The van der Waals surface area contributed by atoms with Crippen LogP contribution in [-0.4, -0.2) is 23.7 Å². The number of thiophene rings is 1. The molecular formula is C18H14N2O4S. The molecule has 0 atom stereocenters. The average Bonchev–Trinajstić information content (AvgIpc) is 3.15. The number of methoxy groups -OCH3 is 1. The van der Waals surface area contributed by atoms with Crippen molar-refractivity contribution >= 4 is 40.1 Å². The maximum atomic E-state index is 12.5. The van der Waals surface area contributed by atoms with Crippen molar-refractivity contribution in [2.75, 3.05) is 12.5 Å². The highest BCUT2D eigenvalue weighted by molar-refractivity contribution is 7.10. The number of carbonyl (C=O) groups excluding carboxylic acids is 2. The molecule has 0 spiro atoms. The van der Waals surface area contributed by atoms with Crippen LogP contribution in [-0.2, 0) is 9.53 Å². The molecule has 0 fully saturated rings. The van der Waals surface area contributed by atoms with Gasteiger partial charge < -0.3 is 4.74 Å². The maximum Gasteiger partial charge on any atom is 0.340 e. The topological polar surface area (TPSA) is 77.4 Å². The molecular weight excluding hydrogens is 340 g/mol. The van der Waals surface area contributed by atoms with Crippen molar-refractivity contribution < 1.29 is 14.3 Å². The normalized spacial score (nSPS) is 10.9. The van der Waals surface area contributed by atoms with Crippen LogP contribution in [0.1, 0.15) is 15.2 Å². The van der Waals surface area contributed by atoms with Crippen molar-refractivity contribution in [3.8, 4) is 0 Å². The molecule has 0 unspecified atom stereocenters. The summed E-state index contributed by atoms with van der Waals surface area (Å²) in [4.78, 5) is 37.5. The molecule has 126 valence electrons. The second kappa shape index (κ2) is 7.14. The first-order chi connectivity index (χ1) is 12.1. The molecule has 1 amide bonds. The summed E-state index contributed by atoms with van der Waals surface area (Å²) >= 11 is 1.49. The average molecular weight is 354 g/mol. The largest absolute Gasteiger partial charge is 0.465 e. The van der Waals surface area contributed by atoms with Crippen molar-refractivity contribution in [2.24, 2.45) is 0 Å². The lowest BCUT2D eigenvalue weighted by atomic mass is 10.1. The Morgan fingerprint density at radius 3 is 2.60 bits per heavy atom. The molecule has 0 saturated heterocycles. The number of benzene rings is 1. The Morgan fingerprint density at radius 2 is 1.92 bits per heavy atom. The Morgan fingerprint density at radius 1 is 1.16 bits per heavy atom. The third-order valence-electron chi connectivity index (χ3n) is 3.50. The van der Waals surface area contributed by atoms with Gasteiger partial charge in [0.2, 0.25) is 0 Å². The quantitative estimate of drug-likeness (QED) is 0.577. The van der Waals surface area contributed by atoms with E-state index in [1.807, 2.05) is 17.5 Å². The molecule has 0 aliphatic heterocycles. The third-order valence-corrected chi connectivity index (χ3v) is 4.34. The van der Waals surface area contributed by atoms with E-state index in [0.717, 1.165) is 9.55 Å². The molecule has 0 radical (unpaired) electrons. The molecule has 6 nitrogen and oxygen atoms in total. The number of nitrogens with one attached hydrogen (secondary N) is 1. The van der Waals surface area contributed by atoms with Crippen LogP contribution in [0.3, 0.4) is 0 Å². The second-order valence-corrected chi connectivity index (χ2v) is 6.06. The van der Waals surface area contributed by atoms with Gasteiger partial charge in [-0.2, -0.15) is 0 Å². The van der Waals surface area contributed by atoms with Crippen molar-refractivity contribution in [2.45, 2.75) is 0 Å². The van der Waals surface area contributed by atoms with Gasteiger partial charge in [0.25, 0.3) is 11.5 Å². The lowest BCUT2D eigenvalue weighted by Gasteiger charge is -2.11. The summed E-state index contributed by atoms with van der Waals surface area (Å²) in [6.45, 7) is 0. The van der Waals surface area contributed by atoms with Gasteiger partial charge in [-0.1, -0.05) is 24.3 Å². The Labute approximate surface area is 146 Å². The van der Waals surface area contributed by atoms with E-state index in [1.54, 1.807) is 30.3 Å². The molecule has 1 aromatic carbocycles. The highest BCUT2D eigenvalue weighted by atomic mass is 32.1. The van der Waals surface area contributed by atoms with Crippen molar-refractivity contribution in [1.29, 1.82) is 0 Å². The van der Waals surface area contributed by atoms with Crippen LogP contribution in [0.2, 0.25) is 0 Å². The van der Waals surface area contributed by atoms with E-state index >= 15 is 0 Å². The Bertz CT molecular complexity index is 1020. The third kappa shape index (κ3) is 3.51. The summed E-state index contributed by atoms with van der Waals surface area (Å²) in [5.41, 5.74) is 2.22. The lowest BCUT2D eigenvalue weighted by Crippen LogP contribution is -2.33. The van der Waals surface area contributed by atoms with Crippen molar-refractivity contribution in [3.05, 3.63) is 74.8 Å². The molecule has 2 heterocycles. The van der Waals surface area contributed by atoms with E-state index in [1.165, 1.54) is 30.7 Å². The number of hydrogen-bond donors (Lipinski definition) is 1. The Balaban J connectivity index is 1.98. The van der Waals surface area contributed by atoms with E-state index in [9.17, 15) is 14.4 Å². The van der Waals surface area contributed by atoms with Crippen LogP contribution >= 0.6 is 11.3 Å². The minimum atomic E-state index is -0.590. The minimum absolute atomic E-state index is 0.195. The Kier molecular flexibility index (Phi) is 4.76. The zero-order valence-electron chi connectivity index (χ0n) is 13.3. The predicted molar refractivity (Wildman–Crippen MR) is 97.3 cm³/mol. The number of nitrogens with zero attached hydrogens (tertiary/aromatic N) is 1. The first-order valence-electron chi connectivity index (χ1n) is 7.35. The van der Waals surface area contributed by atoms with Gasteiger partial charge in [0, 0.05) is 27.9 Å². The number of carbonyl (C=O) groups is 2. The van der Waals surface area contributed by atoms with Crippen molar-refractivity contribution in [1.82, 2.24) is 4.68 Å². The van der Waals surface area contributed by atoms with Gasteiger partial charge in [0.05, 0.1) is 12.7 Å². The van der Waals surface area contributed by atoms with E-state index in [-0.39, 0.29) is 5.56 Å². The summed E-state index contributed by atoms with van der Waals surface area (Å²) in [6, 6.07) is 10.4. The minimum Gasteiger partial charge on any atom is -0.465 e. The molecule has 1 N–H and O–H groups in total. The van der Waals surface area contributed by atoms with Gasteiger partial charge in [-0.25, -0.2) is 9.47 Å². The Hall–Kier alpha value is -3.19. The molecule has 7 heteroatoms. The highest BCUT2D eigenvalue weighted by Crippen LogP contribution is 2.16. The molecule has 3 rings (SSSR count). The number of esters is 1. The summed E-state index contributed by atoms with van der Waals surface area (Å²) in [6.07, 6.45) is 4.24. The number of ether oxygens (including phenoxy) is 1. The smallest absolute Gasteiger partial charge is 0.340 e. The summed E-state index contributed by atoms with van der Waals surface area (Å²) < 4.78 is 5.76. The van der Waals surface area contributed by atoms with Crippen LogP contribution in [0.25, 0.3) is 16.8 Å². The fraction of sp³-hybridized carbons (Fsp3) is 0.0556. The van der Waals surface area contributed by atoms with Crippen molar-refractivity contribution in [3.63, 3.8) is 0 Å². The van der Waals surface area contributed by atoms with Gasteiger partial charge >= 0.3 is 5.97 Å². The number of fused-ring (bicyclic) bond motifs is 1. The molecule has 3 aromatic rings. The van der Waals surface area contributed by atoms with Gasteiger partial charge in [0.1, 0.15) is 0 Å². The molecule has 25 heavy (non-hydrogen) atoms. The molecule has 0 aliphatic carbocycles. The van der Waals surface area contributed by atoms with Crippen LogP contribution in [0.5, 0.6) is 0 Å². The molecule has 0 aliphatic rings. The first-order valence-corrected chi connectivity index (χ1v) is 8.23. The standard InChI is InChI=1S/C18H14N2O4S/c1-24-18(23)15-11-20(17(22)14-7-3-2-6-13(14)15)19-16(21)9-8-12-5-4-10-25-12/h2-11H,1H3,(H,19,21). The summed E-state index contributed by atoms with van der Waals surface area (Å²) in [5, 5.41) is 2.68. The van der Waals surface area contributed by atoms with Crippen LogP contribution in [0, 0.1) is 0 Å². The van der Waals surface area contributed by atoms with E-state index in [2.05, 4.69) is 5.43 Å². The van der Waals surface area contributed by atoms with E-state index in [4.69, 9.17) is 4.74 Å². The molecule has 2 aromatic heterocycles. The maximum absolute atomic E-state index is 12.5. The van der Waals surface area contributed by atoms with Crippen LogP contribution in [0.15, 0.2) is 58.8 Å². The van der Waals surface area contributed by atoms with E-state index in [0.29, 0.717) is 10.8 Å². The summed E-state index contributed by atoms with van der Waals surface area (Å²) in [7, 11) is 1.26. The monoisotopic (exact) mass is 354 g/mol. The van der Waals surface area contributed by atoms with Gasteiger partial charge in [-0.15, -0.1) is 11.3 Å². The van der Waals surface area contributed by atoms with Gasteiger partial charge in [0.15, 0.2) is 0 Å². The fourth-order valence-electron chi connectivity index (χ4n) is 2.35. The molecule has 0 bridgehead atoms. The number of hydrogen-bond acceptors (Lipinski definition) is 5. The fourth-order valence-corrected chi connectivity index (χ4v) is 2.97. The van der Waals surface area contributed by atoms with E-state index < -0.39 is 17.4 Å². The second-order valence-electron chi connectivity index (χ2n) is 5.08. The van der Waals surface area contributed by atoms with Gasteiger partial charge in [-0.05, 0) is 23.6 Å². The zero-order valence-corrected chi connectivity index (χ0v) is 14.1. The van der Waals surface area contributed by atoms with Gasteiger partial charge in [-0.3, -0.25) is 15.0 Å². The number of rotatable bonds is 4. The number of amides is 1. The number of aromatic nitrogens is 1. The summed E-state index contributed by atoms with van der Waals surface area (Å²) in [5.74, 6) is -1.07. The molecule has 0 saturated carbocycles. The highest BCUT2D eigenvalue weighted by Gasteiger charge is 2.15. The van der Waals surface area contributed by atoms with Crippen LogP contribution < -0.4 is 11.0 Å². The van der Waals surface area contributed by atoms with Crippen LogP contribution in [0.4, 0.5) is 0 Å². The lowest BCUT2D eigenvalue weighted by molar-refractivity contribution is -0.112. The first kappa shape index (κ1) is 16.7. The SMILES string of the molecule is COC(=O)c1cn(NC(=O)C=Cc2cccs2)c(=O)c2ccccc12. The zero-order chi connectivity index (χ0) is 17.8. The predicted octanol–water partition coefficient (Wildman–Crippen LogP) is 2.63.